The van der Waals surface area contributed by atoms with E-state index in [0.29, 0.717) is 0 Å². The fourth-order valence-electron chi connectivity index (χ4n) is 1.61. The Kier molecular flexibility index (Phi) is 3.07. The molecule has 0 saturated heterocycles. The SMILES string of the molecule is CCc1c[nH]c(=S)n1Cc1sccc1C. The number of rotatable bonds is 3. The van der Waals surface area contributed by atoms with Crippen LogP contribution in [0.5, 0.6) is 0 Å². The van der Waals surface area contributed by atoms with Crippen LogP contribution in [0.15, 0.2) is 17.6 Å². The van der Waals surface area contributed by atoms with Crippen LogP contribution in [0.4, 0.5) is 0 Å². The number of imidazole rings is 1. The van der Waals surface area contributed by atoms with Gasteiger partial charge >= 0.3 is 0 Å². The monoisotopic (exact) mass is 238 g/mol. The Balaban J connectivity index is 2.35. The highest BCUT2D eigenvalue weighted by Gasteiger charge is 2.05. The van der Waals surface area contributed by atoms with Crippen LogP contribution in [0.1, 0.15) is 23.1 Å². The zero-order valence-corrected chi connectivity index (χ0v) is 10.5. The Morgan fingerprint density at radius 3 is 2.93 bits per heavy atom. The van der Waals surface area contributed by atoms with E-state index in [0.717, 1.165) is 17.7 Å². The third kappa shape index (κ3) is 2.06. The maximum absolute atomic E-state index is 5.27. The van der Waals surface area contributed by atoms with Gasteiger partial charge in [-0.1, -0.05) is 6.92 Å². The number of H-pyrrole nitrogens is 1. The molecule has 2 nitrogen and oxygen atoms in total. The molecule has 2 rings (SSSR count). The van der Waals surface area contributed by atoms with Crippen molar-refractivity contribution in [3.05, 3.63) is 38.5 Å². The number of thiophene rings is 1. The van der Waals surface area contributed by atoms with Crippen LogP contribution in [0.2, 0.25) is 0 Å². The third-order valence-electron chi connectivity index (χ3n) is 2.59. The minimum absolute atomic E-state index is 0.819. The summed E-state index contributed by atoms with van der Waals surface area (Å²) in [5.41, 5.74) is 2.62. The standard InChI is InChI=1S/C11H14N2S2/c1-3-9-6-12-11(14)13(9)7-10-8(2)4-5-15-10/h4-6H,3,7H2,1-2H3,(H,12,14). The van der Waals surface area contributed by atoms with Gasteiger partial charge in [-0.25, -0.2) is 0 Å². The lowest BCUT2D eigenvalue weighted by atomic mass is 10.3. The van der Waals surface area contributed by atoms with Gasteiger partial charge in [0.15, 0.2) is 4.77 Å². The Labute approximate surface area is 98.6 Å². The average Bonchev–Trinajstić information content (AvgIpc) is 2.77. The number of hydrogen-bond donors (Lipinski definition) is 1. The Bertz CT molecular complexity index is 505. The van der Waals surface area contributed by atoms with E-state index in [2.05, 4.69) is 34.8 Å². The van der Waals surface area contributed by atoms with E-state index in [-0.39, 0.29) is 0 Å². The molecule has 0 bridgehead atoms. The largest absolute Gasteiger partial charge is 0.337 e. The van der Waals surface area contributed by atoms with Crippen molar-refractivity contribution in [2.24, 2.45) is 0 Å². The van der Waals surface area contributed by atoms with Crippen molar-refractivity contribution in [3.8, 4) is 0 Å². The van der Waals surface area contributed by atoms with Gasteiger partial charge < -0.3 is 9.55 Å². The molecule has 2 aromatic rings. The van der Waals surface area contributed by atoms with Gasteiger partial charge in [-0.3, -0.25) is 0 Å². The van der Waals surface area contributed by atoms with Crippen molar-refractivity contribution in [2.45, 2.75) is 26.8 Å². The molecule has 0 amide bonds. The van der Waals surface area contributed by atoms with E-state index in [4.69, 9.17) is 12.2 Å². The van der Waals surface area contributed by atoms with Crippen LogP contribution >= 0.6 is 23.6 Å². The summed E-state index contributed by atoms with van der Waals surface area (Å²) in [5.74, 6) is 0. The molecule has 0 aromatic carbocycles. The van der Waals surface area contributed by atoms with Gasteiger partial charge in [-0.05, 0) is 42.6 Å². The number of aromatic amines is 1. The second kappa shape index (κ2) is 4.33. The number of aryl methyl sites for hydroxylation is 2. The van der Waals surface area contributed by atoms with Gasteiger partial charge in [0, 0.05) is 16.8 Å². The van der Waals surface area contributed by atoms with Crippen LogP contribution in [0, 0.1) is 11.7 Å². The van der Waals surface area contributed by atoms with Crippen LogP contribution in [0.3, 0.4) is 0 Å². The van der Waals surface area contributed by atoms with Gasteiger partial charge in [0.2, 0.25) is 0 Å². The maximum atomic E-state index is 5.27. The molecule has 0 fully saturated rings. The smallest absolute Gasteiger partial charge is 0.177 e. The quantitative estimate of drug-likeness (QED) is 0.811. The van der Waals surface area contributed by atoms with Crippen molar-refractivity contribution >= 4 is 23.6 Å². The van der Waals surface area contributed by atoms with Gasteiger partial charge in [0.05, 0.1) is 6.54 Å². The van der Waals surface area contributed by atoms with Crippen molar-refractivity contribution in [2.75, 3.05) is 0 Å². The minimum Gasteiger partial charge on any atom is -0.337 e. The molecule has 80 valence electrons. The maximum Gasteiger partial charge on any atom is 0.177 e. The summed E-state index contributed by atoms with van der Waals surface area (Å²) >= 11 is 7.06. The number of nitrogens with zero attached hydrogens (tertiary/aromatic N) is 1. The van der Waals surface area contributed by atoms with E-state index in [1.165, 1.54) is 16.1 Å². The zero-order valence-electron chi connectivity index (χ0n) is 8.91. The summed E-state index contributed by atoms with van der Waals surface area (Å²) in [7, 11) is 0. The van der Waals surface area contributed by atoms with E-state index in [9.17, 15) is 0 Å². The normalized spacial score (nSPS) is 10.8. The second-order valence-corrected chi connectivity index (χ2v) is 4.94. The average molecular weight is 238 g/mol. The first kappa shape index (κ1) is 10.6. The molecule has 15 heavy (non-hydrogen) atoms. The predicted octanol–water partition coefficient (Wildman–Crippen LogP) is 3.53. The Morgan fingerprint density at radius 1 is 1.53 bits per heavy atom. The van der Waals surface area contributed by atoms with Crippen molar-refractivity contribution in [3.63, 3.8) is 0 Å². The lowest BCUT2D eigenvalue weighted by Crippen LogP contribution is -2.03. The molecule has 0 unspecified atom stereocenters. The number of nitrogens with one attached hydrogen (secondary N) is 1. The van der Waals surface area contributed by atoms with Crippen LogP contribution in [0.25, 0.3) is 0 Å². The van der Waals surface area contributed by atoms with E-state index >= 15 is 0 Å². The highest BCUT2D eigenvalue weighted by Crippen LogP contribution is 2.18. The first-order valence-electron chi connectivity index (χ1n) is 5.02. The predicted molar refractivity (Wildman–Crippen MR) is 67.2 cm³/mol. The Hall–Kier alpha value is -0.870. The van der Waals surface area contributed by atoms with E-state index < -0.39 is 0 Å². The highest BCUT2D eigenvalue weighted by atomic mass is 32.1. The van der Waals surface area contributed by atoms with E-state index in [1.54, 1.807) is 11.3 Å². The lowest BCUT2D eigenvalue weighted by Gasteiger charge is -2.05. The van der Waals surface area contributed by atoms with Crippen LogP contribution in [-0.4, -0.2) is 9.55 Å². The molecular weight excluding hydrogens is 224 g/mol. The molecule has 0 atom stereocenters. The summed E-state index contributed by atoms with van der Waals surface area (Å²) in [6.07, 6.45) is 3.02. The van der Waals surface area contributed by atoms with Gasteiger partial charge in [0.1, 0.15) is 0 Å². The summed E-state index contributed by atoms with van der Waals surface area (Å²) in [6, 6.07) is 2.15. The third-order valence-corrected chi connectivity index (χ3v) is 3.93. The number of aromatic nitrogens is 2. The first-order chi connectivity index (χ1) is 7.22. The van der Waals surface area contributed by atoms with Gasteiger partial charge in [0.25, 0.3) is 0 Å². The second-order valence-electron chi connectivity index (χ2n) is 3.55. The Morgan fingerprint density at radius 2 is 2.33 bits per heavy atom. The molecule has 0 spiro atoms. The minimum atomic E-state index is 0.819. The van der Waals surface area contributed by atoms with Crippen molar-refractivity contribution < 1.29 is 0 Å². The summed E-state index contributed by atoms with van der Waals surface area (Å²) in [6.45, 7) is 5.19. The molecule has 0 saturated carbocycles. The fraction of sp³-hybridized carbons (Fsp3) is 0.364. The van der Waals surface area contributed by atoms with Gasteiger partial charge in [-0.15, -0.1) is 11.3 Å². The van der Waals surface area contributed by atoms with Crippen molar-refractivity contribution in [1.29, 1.82) is 0 Å². The first-order valence-corrected chi connectivity index (χ1v) is 6.31. The van der Waals surface area contributed by atoms with Gasteiger partial charge in [-0.2, -0.15) is 0 Å². The van der Waals surface area contributed by atoms with Crippen LogP contribution < -0.4 is 0 Å². The fourth-order valence-corrected chi connectivity index (χ4v) is 2.74. The molecule has 0 aliphatic carbocycles. The summed E-state index contributed by atoms with van der Waals surface area (Å²) in [5, 5.41) is 2.13. The zero-order chi connectivity index (χ0) is 10.8. The molecular formula is C11H14N2S2. The number of hydrogen-bond acceptors (Lipinski definition) is 2. The molecule has 2 aromatic heterocycles. The molecule has 2 heterocycles. The molecule has 0 aliphatic rings. The topological polar surface area (TPSA) is 20.7 Å². The van der Waals surface area contributed by atoms with Crippen LogP contribution in [-0.2, 0) is 13.0 Å². The molecule has 1 N–H and O–H groups in total. The van der Waals surface area contributed by atoms with Crippen molar-refractivity contribution in [1.82, 2.24) is 9.55 Å². The summed E-state index contributed by atoms with van der Waals surface area (Å²) < 4.78 is 2.99. The summed E-state index contributed by atoms with van der Waals surface area (Å²) in [4.78, 5) is 4.49. The highest BCUT2D eigenvalue weighted by molar-refractivity contribution is 7.71. The molecule has 0 aliphatic heterocycles. The molecule has 4 heteroatoms. The molecule has 0 radical (unpaired) electrons. The van der Waals surface area contributed by atoms with E-state index in [1.807, 2.05) is 6.20 Å². The lowest BCUT2D eigenvalue weighted by molar-refractivity contribution is 0.742.